The van der Waals surface area contributed by atoms with Gasteiger partial charge < -0.3 is 14.8 Å². The van der Waals surface area contributed by atoms with E-state index < -0.39 is 0 Å². The summed E-state index contributed by atoms with van der Waals surface area (Å²) in [7, 11) is 1.94. The summed E-state index contributed by atoms with van der Waals surface area (Å²) in [6, 6.07) is 9.98. The van der Waals surface area contributed by atoms with E-state index >= 15 is 0 Å². The summed E-state index contributed by atoms with van der Waals surface area (Å²) in [4.78, 5) is 31.4. The summed E-state index contributed by atoms with van der Waals surface area (Å²) in [6.45, 7) is 1.72. The van der Waals surface area contributed by atoms with Crippen LogP contribution >= 0.6 is 11.8 Å². The molecule has 1 saturated heterocycles. The van der Waals surface area contributed by atoms with Gasteiger partial charge in [-0.1, -0.05) is 30.2 Å². The molecule has 2 amide bonds. The number of benzene rings is 1. The fourth-order valence-electron chi connectivity index (χ4n) is 3.83. The van der Waals surface area contributed by atoms with Gasteiger partial charge in [-0.15, -0.1) is 6.42 Å². The third kappa shape index (κ3) is 3.94. The van der Waals surface area contributed by atoms with E-state index in [0.717, 1.165) is 40.4 Å². The summed E-state index contributed by atoms with van der Waals surface area (Å²) in [6.07, 6.45) is 9.09. The SMILES string of the molecule is C#CCNC1=NC(=O)S/C1=C\C1CCN(C(=O)c2cc3ccccc3n2C)CC1. The highest BCUT2D eigenvalue weighted by molar-refractivity contribution is 8.18. The zero-order chi connectivity index (χ0) is 20.4. The first kappa shape index (κ1) is 19.3. The van der Waals surface area contributed by atoms with E-state index in [1.54, 1.807) is 0 Å². The third-order valence-corrected chi connectivity index (χ3v) is 6.19. The number of aromatic nitrogens is 1. The first-order valence-electron chi connectivity index (χ1n) is 9.60. The Kier molecular flexibility index (Phi) is 5.45. The summed E-state index contributed by atoms with van der Waals surface area (Å²) in [5, 5.41) is 3.86. The smallest absolute Gasteiger partial charge is 0.311 e. The molecule has 0 bridgehead atoms. The highest BCUT2D eigenvalue weighted by atomic mass is 32.2. The van der Waals surface area contributed by atoms with Crippen LogP contribution in [0.5, 0.6) is 0 Å². The van der Waals surface area contributed by atoms with Gasteiger partial charge in [0.2, 0.25) is 0 Å². The van der Waals surface area contributed by atoms with Crippen LogP contribution in [0.3, 0.4) is 0 Å². The largest absolute Gasteiger partial charge is 0.358 e. The normalized spacial score (nSPS) is 18.9. The van der Waals surface area contributed by atoms with E-state index in [1.807, 2.05) is 46.8 Å². The molecule has 148 valence electrons. The number of amides is 2. The number of rotatable bonds is 3. The Hall–Kier alpha value is -2.98. The number of nitrogens with zero attached hydrogens (tertiary/aromatic N) is 3. The molecule has 2 aliphatic heterocycles. The maximum absolute atomic E-state index is 13.0. The Morgan fingerprint density at radius 3 is 2.86 bits per heavy atom. The highest BCUT2D eigenvalue weighted by Gasteiger charge is 2.27. The van der Waals surface area contributed by atoms with Crippen LogP contribution in [-0.4, -0.2) is 46.1 Å². The molecule has 1 N–H and O–H groups in total. The molecule has 1 aromatic carbocycles. The summed E-state index contributed by atoms with van der Waals surface area (Å²) < 4.78 is 1.96. The van der Waals surface area contributed by atoms with E-state index in [0.29, 0.717) is 37.1 Å². The van der Waals surface area contributed by atoms with Crippen molar-refractivity contribution in [1.29, 1.82) is 0 Å². The van der Waals surface area contributed by atoms with Gasteiger partial charge in [0, 0.05) is 31.0 Å². The molecule has 29 heavy (non-hydrogen) atoms. The molecule has 7 heteroatoms. The van der Waals surface area contributed by atoms with Gasteiger partial charge in [0.05, 0.1) is 11.4 Å². The number of hydrogen-bond donors (Lipinski definition) is 1. The van der Waals surface area contributed by atoms with Crippen molar-refractivity contribution in [3.05, 3.63) is 47.0 Å². The molecule has 6 nitrogen and oxygen atoms in total. The minimum absolute atomic E-state index is 0.0677. The molecule has 1 fully saturated rings. The van der Waals surface area contributed by atoms with Crippen molar-refractivity contribution in [3.63, 3.8) is 0 Å². The third-order valence-electron chi connectivity index (χ3n) is 5.38. The number of amidine groups is 1. The lowest BCUT2D eigenvalue weighted by molar-refractivity contribution is 0.0696. The second kappa shape index (κ2) is 8.18. The van der Waals surface area contributed by atoms with E-state index in [1.165, 1.54) is 0 Å². The van der Waals surface area contributed by atoms with Crippen molar-refractivity contribution >= 4 is 39.6 Å². The second-order valence-electron chi connectivity index (χ2n) is 7.19. The number of aryl methyl sites for hydroxylation is 1. The van der Waals surface area contributed by atoms with Crippen molar-refractivity contribution < 1.29 is 9.59 Å². The number of allylic oxidation sites excluding steroid dienone is 1. The van der Waals surface area contributed by atoms with Gasteiger partial charge in [-0.05, 0) is 42.7 Å². The highest BCUT2D eigenvalue weighted by Crippen LogP contribution is 2.30. The molecule has 0 saturated carbocycles. The lowest BCUT2D eigenvalue weighted by Gasteiger charge is -2.31. The number of carbonyl (C=O) groups is 2. The first-order chi connectivity index (χ1) is 14.1. The molecule has 0 atom stereocenters. The van der Waals surface area contributed by atoms with Crippen LogP contribution < -0.4 is 5.32 Å². The van der Waals surface area contributed by atoms with Crippen LogP contribution in [0.15, 0.2) is 46.3 Å². The van der Waals surface area contributed by atoms with Gasteiger partial charge in [0.25, 0.3) is 5.91 Å². The Morgan fingerprint density at radius 2 is 2.14 bits per heavy atom. The molecule has 1 aromatic heterocycles. The van der Waals surface area contributed by atoms with Crippen LogP contribution in [-0.2, 0) is 7.05 Å². The van der Waals surface area contributed by atoms with Crippen LogP contribution in [0.2, 0.25) is 0 Å². The monoisotopic (exact) mass is 406 g/mol. The molecule has 2 aliphatic rings. The molecule has 0 unspecified atom stereocenters. The Bertz CT molecular complexity index is 1070. The van der Waals surface area contributed by atoms with Crippen molar-refractivity contribution in [2.45, 2.75) is 12.8 Å². The van der Waals surface area contributed by atoms with E-state index in [-0.39, 0.29) is 11.1 Å². The van der Waals surface area contributed by atoms with Gasteiger partial charge in [0.1, 0.15) is 11.5 Å². The summed E-state index contributed by atoms with van der Waals surface area (Å²) >= 11 is 1.13. The number of terminal acetylenes is 1. The average molecular weight is 407 g/mol. The second-order valence-corrected chi connectivity index (χ2v) is 8.19. The Labute approximate surface area is 174 Å². The van der Waals surface area contributed by atoms with Crippen molar-refractivity contribution in [2.75, 3.05) is 19.6 Å². The van der Waals surface area contributed by atoms with Gasteiger partial charge in [-0.25, -0.2) is 0 Å². The molecular formula is C22H22N4O2S. The number of aliphatic imine (C=N–C) groups is 1. The molecule has 0 radical (unpaired) electrons. The van der Waals surface area contributed by atoms with E-state index in [4.69, 9.17) is 6.42 Å². The molecular weight excluding hydrogens is 384 g/mol. The number of hydrogen-bond acceptors (Lipinski definition) is 4. The van der Waals surface area contributed by atoms with Crippen LogP contribution in [0, 0.1) is 18.3 Å². The Morgan fingerprint density at radius 1 is 1.38 bits per heavy atom. The van der Waals surface area contributed by atoms with E-state index in [2.05, 4.69) is 22.3 Å². The van der Waals surface area contributed by atoms with Crippen LogP contribution in [0.4, 0.5) is 4.79 Å². The topological polar surface area (TPSA) is 66.7 Å². The zero-order valence-corrected chi connectivity index (χ0v) is 17.0. The average Bonchev–Trinajstić information content (AvgIpc) is 3.26. The molecule has 0 spiro atoms. The van der Waals surface area contributed by atoms with E-state index in [9.17, 15) is 9.59 Å². The number of para-hydroxylation sites is 1. The number of piperidine rings is 1. The summed E-state index contributed by atoms with van der Waals surface area (Å²) in [5.74, 6) is 3.43. The first-order valence-corrected chi connectivity index (χ1v) is 10.4. The quantitative estimate of drug-likeness (QED) is 0.794. The van der Waals surface area contributed by atoms with Gasteiger partial charge >= 0.3 is 5.24 Å². The number of fused-ring (bicyclic) bond motifs is 1. The Balaban J connectivity index is 1.42. The molecule has 4 rings (SSSR count). The van der Waals surface area contributed by atoms with Crippen molar-refractivity contribution in [2.24, 2.45) is 18.0 Å². The fraction of sp³-hybridized carbons (Fsp3) is 0.318. The minimum atomic E-state index is -0.223. The zero-order valence-electron chi connectivity index (χ0n) is 16.2. The number of likely N-dealkylation sites (tertiary alicyclic amines) is 1. The predicted octanol–water partition coefficient (Wildman–Crippen LogP) is 3.40. The van der Waals surface area contributed by atoms with Crippen LogP contribution in [0.1, 0.15) is 23.3 Å². The molecule has 2 aromatic rings. The fourth-order valence-corrected chi connectivity index (χ4v) is 4.63. The summed E-state index contributed by atoms with van der Waals surface area (Å²) in [5.41, 5.74) is 1.78. The number of thioether (sulfide) groups is 1. The minimum Gasteiger partial charge on any atom is -0.358 e. The lowest BCUT2D eigenvalue weighted by Crippen LogP contribution is -2.39. The predicted molar refractivity (Wildman–Crippen MR) is 117 cm³/mol. The maximum atomic E-state index is 13.0. The van der Waals surface area contributed by atoms with Gasteiger partial charge in [0.15, 0.2) is 0 Å². The van der Waals surface area contributed by atoms with Crippen molar-refractivity contribution in [3.8, 4) is 12.3 Å². The van der Waals surface area contributed by atoms with Gasteiger partial charge in [-0.2, -0.15) is 4.99 Å². The number of nitrogens with one attached hydrogen (secondary N) is 1. The van der Waals surface area contributed by atoms with Gasteiger partial charge in [-0.3, -0.25) is 9.59 Å². The number of carbonyl (C=O) groups excluding carboxylic acids is 2. The van der Waals surface area contributed by atoms with Crippen molar-refractivity contribution in [1.82, 2.24) is 14.8 Å². The standard InChI is InChI=1S/C22H22N4O2S/c1-3-10-23-20-19(29-22(28)24-20)13-15-8-11-26(12-9-15)21(27)18-14-16-6-4-5-7-17(16)25(18)2/h1,4-7,13-15H,8-12H2,2H3,(H,23,24,28)/b19-13-. The lowest BCUT2D eigenvalue weighted by atomic mass is 9.96. The maximum Gasteiger partial charge on any atom is 0.311 e. The molecule has 3 heterocycles. The van der Waals surface area contributed by atoms with Crippen LogP contribution in [0.25, 0.3) is 10.9 Å². The molecule has 0 aliphatic carbocycles.